The van der Waals surface area contributed by atoms with Crippen molar-refractivity contribution < 1.29 is 39.9 Å². The Morgan fingerprint density at radius 3 is 1.53 bits per heavy atom. The number of ether oxygens (including phenoxy) is 1. The summed E-state index contributed by atoms with van der Waals surface area (Å²) < 4.78 is 5.03. The number of carbonyl (C=O) groups excluding carboxylic acids is 1. The number of aliphatic hydroxyl groups is 4. The van der Waals surface area contributed by atoms with E-state index in [1.807, 2.05) is 0 Å². The SMILES string of the molecule is CCCCCCCCCCCCCCCCOC(=O)C(O)(CC)C(O)C(O)C(O)C(=O)O. The molecular weight excluding hydrogens is 416 g/mol. The highest BCUT2D eigenvalue weighted by atomic mass is 16.6. The van der Waals surface area contributed by atoms with Crippen LogP contribution in [0.25, 0.3) is 0 Å². The predicted molar refractivity (Wildman–Crippen MR) is 122 cm³/mol. The summed E-state index contributed by atoms with van der Waals surface area (Å²) in [6.07, 6.45) is 9.65. The van der Waals surface area contributed by atoms with Crippen molar-refractivity contribution in [3.05, 3.63) is 0 Å². The molecular formula is C24H46O8. The lowest BCUT2D eigenvalue weighted by Crippen LogP contribution is -2.58. The molecule has 0 amide bonds. The number of hydrogen-bond donors (Lipinski definition) is 5. The first-order valence-corrected chi connectivity index (χ1v) is 12.4. The minimum Gasteiger partial charge on any atom is -0.479 e. The van der Waals surface area contributed by atoms with Gasteiger partial charge in [0.1, 0.15) is 12.2 Å². The van der Waals surface area contributed by atoms with Crippen LogP contribution in [-0.2, 0) is 14.3 Å². The number of hydrogen-bond acceptors (Lipinski definition) is 7. The zero-order chi connectivity index (χ0) is 24.4. The molecule has 0 aromatic heterocycles. The van der Waals surface area contributed by atoms with Gasteiger partial charge < -0.3 is 30.3 Å². The molecule has 190 valence electrons. The quantitative estimate of drug-likeness (QED) is 0.129. The van der Waals surface area contributed by atoms with Gasteiger partial charge in [-0.2, -0.15) is 0 Å². The van der Waals surface area contributed by atoms with Crippen molar-refractivity contribution in [1.82, 2.24) is 0 Å². The fraction of sp³-hybridized carbons (Fsp3) is 0.917. The molecule has 8 nitrogen and oxygen atoms in total. The minimum absolute atomic E-state index is 0.0590. The maximum absolute atomic E-state index is 12.2. The van der Waals surface area contributed by atoms with Gasteiger partial charge >= 0.3 is 11.9 Å². The van der Waals surface area contributed by atoms with Gasteiger partial charge in [0.05, 0.1) is 6.61 Å². The lowest BCUT2D eigenvalue weighted by atomic mass is 9.88. The van der Waals surface area contributed by atoms with Gasteiger partial charge in [0.2, 0.25) is 0 Å². The van der Waals surface area contributed by atoms with Gasteiger partial charge in [-0.1, -0.05) is 97.3 Å². The zero-order valence-electron chi connectivity index (χ0n) is 20.0. The first kappa shape index (κ1) is 30.8. The van der Waals surface area contributed by atoms with E-state index in [4.69, 9.17) is 9.84 Å². The van der Waals surface area contributed by atoms with Crippen LogP contribution in [0.3, 0.4) is 0 Å². The van der Waals surface area contributed by atoms with Gasteiger partial charge in [-0.3, -0.25) is 0 Å². The van der Waals surface area contributed by atoms with Crippen LogP contribution < -0.4 is 0 Å². The molecule has 0 saturated carbocycles. The fourth-order valence-electron chi connectivity index (χ4n) is 3.66. The molecule has 0 aromatic carbocycles. The molecule has 0 aliphatic carbocycles. The highest BCUT2D eigenvalue weighted by molar-refractivity contribution is 5.80. The van der Waals surface area contributed by atoms with Crippen molar-refractivity contribution >= 4 is 11.9 Å². The molecule has 0 rings (SSSR count). The van der Waals surface area contributed by atoms with E-state index in [1.54, 1.807) is 0 Å². The molecule has 0 heterocycles. The predicted octanol–water partition coefficient (Wildman–Crippen LogP) is 3.32. The normalized spacial score (nSPS) is 16.2. The molecule has 0 radical (unpaired) electrons. The number of aliphatic hydroxyl groups excluding tert-OH is 3. The Bertz CT molecular complexity index is 498. The van der Waals surface area contributed by atoms with Gasteiger partial charge in [-0.05, 0) is 12.8 Å². The Morgan fingerprint density at radius 2 is 1.16 bits per heavy atom. The van der Waals surface area contributed by atoms with E-state index < -0.39 is 35.9 Å². The Morgan fingerprint density at radius 1 is 0.750 bits per heavy atom. The highest BCUT2D eigenvalue weighted by Gasteiger charge is 2.49. The van der Waals surface area contributed by atoms with E-state index in [0.717, 1.165) is 19.3 Å². The summed E-state index contributed by atoms with van der Waals surface area (Å²) in [6.45, 7) is 3.68. The number of unbranched alkanes of at least 4 members (excludes halogenated alkanes) is 13. The summed E-state index contributed by atoms with van der Waals surface area (Å²) in [7, 11) is 0. The van der Waals surface area contributed by atoms with E-state index in [9.17, 15) is 30.0 Å². The van der Waals surface area contributed by atoms with Gasteiger partial charge in [0, 0.05) is 0 Å². The lowest BCUT2D eigenvalue weighted by molar-refractivity contribution is -0.198. The Hall–Kier alpha value is -1.22. The minimum atomic E-state index is -2.49. The summed E-state index contributed by atoms with van der Waals surface area (Å²) in [6, 6.07) is 0. The van der Waals surface area contributed by atoms with E-state index >= 15 is 0 Å². The second-order valence-electron chi connectivity index (χ2n) is 8.73. The second kappa shape index (κ2) is 18.2. The molecule has 0 aliphatic rings. The first-order chi connectivity index (χ1) is 15.2. The maximum Gasteiger partial charge on any atom is 0.340 e. The molecule has 0 saturated heterocycles. The molecule has 0 spiro atoms. The van der Waals surface area contributed by atoms with Gasteiger partial charge in [0.25, 0.3) is 0 Å². The van der Waals surface area contributed by atoms with Crippen molar-refractivity contribution in [2.24, 2.45) is 0 Å². The molecule has 0 bridgehead atoms. The molecule has 4 atom stereocenters. The Balaban J connectivity index is 3.89. The second-order valence-corrected chi connectivity index (χ2v) is 8.73. The summed E-state index contributed by atoms with van der Waals surface area (Å²) in [5, 5.41) is 48.2. The number of rotatable bonds is 21. The van der Waals surface area contributed by atoms with Gasteiger partial charge in [0.15, 0.2) is 11.7 Å². The summed E-state index contributed by atoms with van der Waals surface area (Å²) in [5.41, 5.74) is -2.49. The van der Waals surface area contributed by atoms with Crippen LogP contribution in [0.4, 0.5) is 0 Å². The molecule has 0 aromatic rings. The smallest absolute Gasteiger partial charge is 0.340 e. The monoisotopic (exact) mass is 462 g/mol. The number of carboxylic acid groups (broad SMARTS) is 1. The van der Waals surface area contributed by atoms with Crippen molar-refractivity contribution in [2.75, 3.05) is 6.61 Å². The van der Waals surface area contributed by atoms with Crippen LogP contribution >= 0.6 is 0 Å². The summed E-state index contributed by atoms with van der Waals surface area (Å²) >= 11 is 0. The molecule has 0 aliphatic heterocycles. The number of esters is 1. The third kappa shape index (κ3) is 12.1. The number of carbonyl (C=O) groups is 2. The van der Waals surface area contributed by atoms with E-state index in [-0.39, 0.29) is 13.0 Å². The van der Waals surface area contributed by atoms with Crippen LogP contribution in [0.5, 0.6) is 0 Å². The standard InChI is InChI=1S/C24H46O8/c1-3-5-6-7-8-9-10-11-12-13-14-15-16-17-18-32-23(30)24(31,4-2)21(27)19(25)20(26)22(28)29/h19-21,25-27,31H,3-18H2,1-2H3,(H,28,29). The van der Waals surface area contributed by atoms with Crippen molar-refractivity contribution in [2.45, 2.75) is 134 Å². The Labute approximate surface area is 193 Å². The van der Waals surface area contributed by atoms with Crippen molar-refractivity contribution in [1.29, 1.82) is 0 Å². The average Bonchev–Trinajstić information content (AvgIpc) is 2.79. The van der Waals surface area contributed by atoms with Crippen LogP contribution in [0.15, 0.2) is 0 Å². The lowest BCUT2D eigenvalue weighted by Gasteiger charge is -2.33. The van der Waals surface area contributed by atoms with E-state index in [2.05, 4.69) is 6.92 Å². The van der Waals surface area contributed by atoms with Crippen LogP contribution in [0.1, 0.15) is 110 Å². The largest absolute Gasteiger partial charge is 0.479 e. The van der Waals surface area contributed by atoms with Gasteiger partial charge in [-0.15, -0.1) is 0 Å². The summed E-state index contributed by atoms with van der Waals surface area (Å²) in [4.78, 5) is 22.9. The van der Waals surface area contributed by atoms with Gasteiger partial charge in [-0.25, -0.2) is 9.59 Å². The fourth-order valence-corrected chi connectivity index (χ4v) is 3.66. The average molecular weight is 463 g/mol. The third-order valence-electron chi connectivity index (χ3n) is 6.01. The Kier molecular flexibility index (Phi) is 17.5. The van der Waals surface area contributed by atoms with E-state index in [0.29, 0.717) is 6.42 Å². The van der Waals surface area contributed by atoms with Crippen molar-refractivity contribution in [3.63, 3.8) is 0 Å². The first-order valence-electron chi connectivity index (χ1n) is 12.4. The third-order valence-corrected chi connectivity index (χ3v) is 6.01. The number of aliphatic carboxylic acids is 1. The molecule has 8 heteroatoms. The topological polar surface area (TPSA) is 145 Å². The van der Waals surface area contributed by atoms with Crippen LogP contribution in [0, 0.1) is 0 Å². The molecule has 5 N–H and O–H groups in total. The zero-order valence-corrected chi connectivity index (χ0v) is 20.0. The maximum atomic E-state index is 12.2. The number of carboxylic acids is 1. The summed E-state index contributed by atoms with van der Waals surface area (Å²) in [5.74, 6) is -2.91. The van der Waals surface area contributed by atoms with Crippen LogP contribution in [0.2, 0.25) is 0 Å². The molecule has 0 fully saturated rings. The molecule has 32 heavy (non-hydrogen) atoms. The van der Waals surface area contributed by atoms with E-state index in [1.165, 1.54) is 71.1 Å². The van der Waals surface area contributed by atoms with Crippen molar-refractivity contribution in [3.8, 4) is 0 Å². The van der Waals surface area contributed by atoms with Crippen LogP contribution in [-0.4, -0.2) is 68.0 Å². The highest BCUT2D eigenvalue weighted by Crippen LogP contribution is 2.22. The molecule has 4 unspecified atom stereocenters.